The third kappa shape index (κ3) is 2.10. The first kappa shape index (κ1) is 12.8. The zero-order valence-corrected chi connectivity index (χ0v) is 12.2. The van der Waals surface area contributed by atoms with Crippen molar-refractivity contribution in [3.05, 3.63) is 57.2 Å². The quantitative estimate of drug-likeness (QED) is 0.695. The number of H-pyrrole nitrogens is 1. The number of carbonyl (C=O) groups is 1. The molecule has 1 aliphatic rings. The van der Waals surface area contributed by atoms with E-state index in [9.17, 15) is 9.18 Å². The summed E-state index contributed by atoms with van der Waals surface area (Å²) in [5.74, 6) is -0.262. The number of ketones is 1. The molecule has 0 saturated carbocycles. The predicted octanol–water partition coefficient (Wildman–Crippen LogP) is 4.48. The molecule has 0 bridgehead atoms. The zero-order valence-electron chi connectivity index (χ0n) is 11.4. The van der Waals surface area contributed by atoms with Gasteiger partial charge in [-0.05, 0) is 55.5 Å². The van der Waals surface area contributed by atoms with E-state index in [0.717, 1.165) is 23.1 Å². The Bertz CT molecular complexity index is 822. The van der Waals surface area contributed by atoms with Crippen LogP contribution < -0.4 is 0 Å². The number of halogens is 1. The summed E-state index contributed by atoms with van der Waals surface area (Å²) in [5.41, 5.74) is 2.63. The summed E-state index contributed by atoms with van der Waals surface area (Å²) in [7, 11) is 0. The van der Waals surface area contributed by atoms with Crippen LogP contribution in [0.5, 0.6) is 0 Å². The van der Waals surface area contributed by atoms with E-state index >= 15 is 0 Å². The molecule has 4 heteroatoms. The molecule has 3 aromatic rings. The summed E-state index contributed by atoms with van der Waals surface area (Å²) in [5, 5.41) is 0.785. The molecule has 2 heterocycles. The second-order valence-electron chi connectivity index (χ2n) is 5.49. The molecular formula is C17H14FNOS. The van der Waals surface area contributed by atoms with Crippen LogP contribution in [-0.4, -0.2) is 10.8 Å². The number of fused-ring (bicyclic) bond motifs is 2. The Morgan fingerprint density at radius 3 is 2.90 bits per heavy atom. The Morgan fingerprint density at radius 2 is 2.05 bits per heavy atom. The Balaban J connectivity index is 1.77. The number of aromatic nitrogens is 1. The minimum atomic E-state index is -0.296. The molecule has 0 amide bonds. The van der Waals surface area contributed by atoms with Crippen molar-refractivity contribution in [1.82, 2.24) is 4.98 Å². The molecule has 1 aliphatic carbocycles. The molecule has 106 valence electrons. The highest BCUT2D eigenvalue weighted by Gasteiger charge is 2.20. The summed E-state index contributed by atoms with van der Waals surface area (Å²) in [6.45, 7) is 0. The van der Waals surface area contributed by atoms with Gasteiger partial charge in [0.25, 0.3) is 0 Å². The minimum absolute atomic E-state index is 0.0345. The lowest BCUT2D eigenvalue weighted by atomic mass is 9.98. The summed E-state index contributed by atoms with van der Waals surface area (Å²) in [4.78, 5) is 17.9. The van der Waals surface area contributed by atoms with Crippen LogP contribution in [0.15, 0.2) is 30.5 Å². The molecule has 0 radical (unpaired) electrons. The summed E-state index contributed by atoms with van der Waals surface area (Å²) < 4.78 is 13.2. The van der Waals surface area contributed by atoms with E-state index in [1.165, 1.54) is 35.4 Å². The van der Waals surface area contributed by atoms with Gasteiger partial charge < -0.3 is 4.98 Å². The molecule has 0 unspecified atom stereocenters. The maximum absolute atomic E-state index is 13.2. The minimum Gasteiger partial charge on any atom is -0.360 e. The SMILES string of the molecule is O=C(c1cc2c(s1)CCCC2)c1c[nH]c2cc(F)ccc12. The normalized spacial score (nSPS) is 14.3. The number of thiophene rings is 1. The molecule has 21 heavy (non-hydrogen) atoms. The van der Waals surface area contributed by atoms with E-state index in [1.807, 2.05) is 6.07 Å². The maximum Gasteiger partial charge on any atom is 0.205 e. The molecule has 0 fully saturated rings. The van der Waals surface area contributed by atoms with Crippen LogP contribution in [-0.2, 0) is 12.8 Å². The van der Waals surface area contributed by atoms with Crippen molar-refractivity contribution in [3.63, 3.8) is 0 Å². The van der Waals surface area contributed by atoms with Gasteiger partial charge in [-0.3, -0.25) is 4.79 Å². The molecule has 2 nitrogen and oxygen atoms in total. The van der Waals surface area contributed by atoms with Gasteiger partial charge in [0, 0.05) is 27.5 Å². The topological polar surface area (TPSA) is 32.9 Å². The Labute approximate surface area is 125 Å². The highest BCUT2D eigenvalue weighted by atomic mass is 32.1. The number of aromatic amines is 1. The molecule has 0 spiro atoms. The smallest absolute Gasteiger partial charge is 0.205 e. The van der Waals surface area contributed by atoms with Crippen LogP contribution >= 0.6 is 11.3 Å². The Morgan fingerprint density at radius 1 is 1.19 bits per heavy atom. The maximum atomic E-state index is 13.2. The van der Waals surface area contributed by atoms with Crippen LogP contribution in [0.3, 0.4) is 0 Å². The number of aryl methyl sites for hydroxylation is 2. The highest BCUT2D eigenvalue weighted by Crippen LogP contribution is 2.32. The molecule has 1 aromatic carbocycles. The van der Waals surface area contributed by atoms with Crippen LogP contribution in [0.2, 0.25) is 0 Å². The standard InChI is InChI=1S/C17H14FNOS/c18-11-5-6-12-13(9-19-14(12)8-11)17(20)16-7-10-3-1-2-4-15(10)21-16/h5-9,19H,1-4H2. The number of carbonyl (C=O) groups excluding carboxylic acids is 1. The fraction of sp³-hybridized carbons (Fsp3) is 0.235. The lowest BCUT2D eigenvalue weighted by Crippen LogP contribution is -1.97. The molecule has 0 aliphatic heterocycles. The first-order valence-corrected chi connectivity index (χ1v) is 7.97. The van der Waals surface area contributed by atoms with Crippen LogP contribution in [0.4, 0.5) is 4.39 Å². The van der Waals surface area contributed by atoms with E-state index in [0.29, 0.717) is 11.1 Å². The van der Waals surface area contributed by atoms with Gasteiger partial charge in [0.2, 0.25) is 5.78 Å². The van der Waals surface area contributed by atoms with Gasteiger partial charge in [0.05, 0.1) is 4.88 Å². The van der Waals surface area contributed by atoms with Gasteiger partial charge in [0.1, 0.15) is 5.82 Å². The second kappa shape index (κ2) is 4.81. The third-order valence-corrected chi connectivity index (χ3v) is 5.34. The van der Waals surface area contributed by atoms with Gasteiger partial charge in [0.15, 0.2) is 0 Å². The van der Waals surface area contributed by atoms with E-state index < -0.39 is 0 Å². The monoisotopic (exact) mass is 299 g/mol. The van der Waals surface area contributed by atoms with Crippen molar-refractivity contribution in [1.29, 1.82) is 0 Å². The van der Waals surface area contributed by atoms with Crippen LogP contribution in [0.25, 0.3) is 10.9 Å². The largest absolute Gasteiger partial charge is 0.360 e. The van der Waals surface area contributed by atoms with Crippen molar-refractivity contribution in [2.24, 2.45) is 0 Å². The van der Waals surface area contributed by atoms with Crippen molar-refractivity contribution in [2.45, 2.75) is 25.7 Å². The van der Waals surface area contributed by atoms with Crippen molar-refractivity contribution in [3.8, 4) is 0 Å². The van der Waals surface area contributed by atoms with E-state index in [1.54, 1.807) is 23.6 Å². The lowest BCUT2D eigenvalue weighted by Gasteiger charge is -2.08. The van der Waals surface area contributed by atoms with E-state index in [2.05, 4.69) is 4.98 Å². The molecule has 0 saturated heterocycles. The number of hydrogen-bond donors (Lipinski definition) is 1. The number of rotatable bonds is 2. The van der Waals surface area contributed by atoms with Crippen LogP contribution in [0.1, 0.15) is 38.5 Å². The number of hydrogen-bond acceptors (Lipinski definition) is 2. The van der Waals surface area contributed by atoms with Crippen molar-refractivity contribution < 1.29 is 9.18 Å². The van der Waals surface area contributed by atoms with Crippen molar-refractivity contribution >= 4 is 28.0 Å². The Hall–Kier alpha value is -1.94. The molecular weight excluding hydrogens is 285 g/mol. The fourth-order valence-corrected chi connectivity index (χ4v) is 4.23. The number of benzene rings is 1. The zero-order chi connectivity index (χ0) is 14.4. The number of nitrogens with one attached hydrogen (secondary N) is 1. The lowest BCUT2D eigenvalue weighted by molar-refractivity contribution is 0.104. The Kier molecular flexibility index (Phi) is 2.93. The van der Waals surface area contributed by atoms with Gasteiger partial charge in [-0.1, -0.05) is 0 Å². The average Bonchev–Trinajstić information content (AvgIpc) is 3.09. The van der Waals surface area contributed by atoms with Gasteiger partial charge in [-0.15, -0.1) is 11.3 Å². The summed E-state index contributed by atoms with van der Waals surface area (Å²) >= 11 is 1.62. The first-order chi connectivity index (χ1) is 10.2. The first-order valence-electron chi connectivity index (χ1n) is 7.15. The van der Waals surface area contributed by atoms with Gasteiger partial charge in [-0.25, -0.2) is 4.39 Å². The summed E-state index contributed by atoms with van der Waals surface area (Å²) in [6.07, 6.45) is 6.28. The highest BCUT2D eigenvalue weighted by molar-refractivity contribution is 7.14. The van der Waals surface area contributed by atoms with Gasteiger partial charge >= 0.3 is 0 Å². The van der Waals surface area contributed by atoms with Crippen molar-refractivity contribution in [2.75, 3.05) is 0 Å². The van der Waals surface area contributed by atoms with Gasteiger partial charge in [-0.2, -0.15) is 0 Å². The molecule has 4 rings (SSSR count). The van der Waals surface area contributed by atoms with E-state index in [-0.39, 0.29) is 11.6 Å². The molecule has 2 aromatic heterocycles. The second-order valence-corrected chi connectivity index (χ2v) is 6.62. The summed E-state index contributed by atoms with van der Waals surface area (Å²) in [6, 6.07) is 6.53. The predicted molar refractivity (Wildman–Crippen MR) is 82.7 cm³/mol. The fourth-order valence-electron chi connectivity index (χ4n) is 3.02. The third-order valence-electron chi connectivity index (χ3n) is 4.11. The average molecular weight is 299 g/mol. The molecule has 0 atom stereocenters. The van der Waals surface area contributed by atoms with Crippen LogP contribution in [0, 0.1) is 5.82 Å². The molecule has 1 N–H and O–H groups in total. The van der Waals surface area contributed by atoms with E-state index in [4.69, 9.17) is 0 Å².